The van der Waals surface area contributed by atoms with E-state index in [4.69, 9.17) is 0 Å². The molecule has 0 radical (unpaired) electrons. The Morgan fingerprint density at radius 2 is 1.96 bits per heavy atom. The van der Waals surface area contributed by atoms with Crippen LogP contribution in [0.25, 0.3) is 11.0 Å². The van der Waals surface area contributed by atoms with Crippen LogP contribution in [0, 0.1) is 0 Å². The van der Waals surface area contributed by atoms with Crippen molar-refractivity contribution >= 4 is 42.9 Å². The molecule has 0 unspecified atom stereocenters. The Kier molecular flexibility index (Phi) is 6.17. The number of hydrogen-bond acceptors (Lipinski definition) is 4. The van der Waals surface area contributed by atoms with Gasteiger partial charge in [0.1, 0.15) is 5.82 Å². The molecule has 0 atom stereocenters. The second kappa shape index (κ2) is 8.42. The fourth-order valence-corrected chi connectivity index (χ4v) is 4.57. The Morgan fingerprint density at radius 3 is 2.68 bits per heavy atom. The van der Waals surface area contributed by atoms with Gasteiger partial charge in [0.2, 0.25) is 10.0 Å². The number of aromatic amines is 1. The lowest BCUT2D eigenvalue weighted by Crippen LogP contribution is -2.26. The zero-order chi connectivity index (χ0) is 20.3. The van der Waals surface area contributed by atoms with E-state index in [0.29, 0.717) is 29.4 Å². The van der Waals surface area contributed by atoms with Gasteiger partial charge in [0, 0.05) is 37.1 Å². The van der Waals surface area contributed by atoms with Crippen molar-refractivity contribution in [2.75, 3.05) is 20.6 Å². The first kappa shape index (κ1) is 20.5. The molecule has 148 valence electrons. The molecule has 0 aliphatic rings. The number of rotatable bonds is 7. The highest BCUT2D eigenvalue weighted by molar-refractivity contribution is 9.10. The Labute approximate surface area is 172 Å². The lowest BCUT2D eigenvalue weighted by atomic mass is 10.2. The molecule has 0 saturated heterocycles. The molecular weight excluding hydrogens is 444 g/mol. The molecule has 1 heterocycles. The quantitative estimate of drug-likeness (QED) is 0.525. The van der Waals surface area contributed by atoms with Crippen molar-refractivity contribution in [3.05, 3.63) is 58.3 Å². The number of aromatic nitrogens is 2. The van der Waals surface area contributed by atoms with Gasteiger partial charge in [-0.15, -0.1) is 0 Å². The van der Waals surface area contributed by atoms with E-state index in [9.17, 15) is 13.2 Å². The first-order chi connectivity index (χ1) is 13.3. The van der Waals surface area contributed by atoms with Crippen molar-refractivity contribution in [3.63, 3.8) is 0 Å². The third-order valence-electron chi connectivity index (χ3n) is 4.27. The van der Waals surface area contributed by atoms with Crippen LogP contribution in [0.1, 0.15) is 22.6 Å². The van der Waals surface area contributed by atoms with Crippen molar-refractivity contribution in [3.8, 4) is 0 Å². The van der Waals surface area contributed by atoms with E-state index in [-0.39, 0.29) is 10.8 Å². The molecule has 28 heavy (non-hydrogen) atoms. The second-order valence-electron chi connectivity index (χ2n) is 6.49. The molecule has 0 aliphatic heterocycles. The van der Waals surface area contributed by atoms with Gasteiger partial charge in [0.25, 0.3) is 5.91 Å². The highest BCUT2D eigenvalue weighted by atomic mass is 79.9. The number of carbonyl (C=O) groups excluding carboxylic acids is 1. The molecular formula is C19H21BrN4O3S. The average Bonchev–Trinajstić information content (AvgIpc) is 3.08. The summed E-state index contributed by atoms with van der Waals surface area (Å²) < 4.78 is 26.3. The number of para-hydroxylation sites is 2. The maximum absolute atomic E-state index is 12.4. The van der Waals surface area contributed by atoms with Crippen LogP contribution in [0.15, 0.2) is 51.8 Å². The first-order valence-electron chi connectivity index (χ1n) is 8.73. The number of halogens is 1. The van der Waals surface area contributed by atoms with Crippen LogP contribution in [-0.4, -0.2) is 49.2 Å². The number of amides is 1. The molecule has 0 spiro atoms. The summed E-state index contributed by atoms with van der Waals surface area (Å²) in [5.41, 5.74) is 2.21. The van der Waals surface area contributed by atoms with E-state index in [1.54, 1.807) is 12.1 Å². The van der Waals surface area contributed by atoms with Gasteiger partial charge in [0.05, 0.1) is 15.9 Å². The lowest BCUT2D eigenvalue weighted by Gasteiger charge is -2.14. The number of nitrogens with one attached hydrogen (secondary N) is 2. The van der Waals surface area contributed by atoms with Crippen LogP contribution in [0.2, 0.25) is 0 Å². The van der Waals surface area contributed by atoms with Gasteiger partial charge in [-0.05, 0) is 52.7 Å². The standard InChI is InChI=1S/C19H21BrN4O3S/c1-24(2)28(26,27)17-12-13(9-10-14(17)20)19(25)21-11-5-8-18-22-15-6-3-4-7-16(15)23-18/h3-4,6-7,9-10,12H,5,8,11H2,1-2H3,(H,21,25)(H,22,23). The minimum Gasteiger partial charge on any atom is -0.352 e. The fourth-order valence-electron chi connectivity index (χ4n) is 2.72. The van der Waals surface area contributed by atoms with E-state index < -0.39 is 10.0 Å². The number of nitrogens with zero attached hydrogens (tertiary/aromatic N) is 2. The number of benzene rings is 2. The van der Waals surface area contributed by atoms with E-state index in [2.05, 4.69) is 31.2 Å². The van der Waals surface area contributed by atoms with Crippen LogP contribution in [-0.2, 0) is 16.4 Å². The molecule has 1 amide bonds. The average molecular weight is 465 g/mol. The largest absolute Gasteiger partial charge is 0.352 e. The molecule has 7 nitrogen and oxygen atoms in total. The highest BCUT2D eigenvalue weighted by Crippen LogP contribution is 2.25. The highest BCUT2D eigenvalue weighted by Gasteiger charge is 2.22. The number of aryl methyl sites for hydroxylation is 1. The predicted octanol–water partition coefficient (Wildman–Crippen LogP) is 2.94. The number of sulfonamides is 1. The van der Waals surface area contributed by atoms with E-state index in [0.717, 1.165) is 21.2 Å². The summed E-state index contributed by atoms with van der Waals surface area (Å²) in [6, 6.07) is 12.4. The van der Waals surface area contributed by atoms with Gasteiger partial charge in [-0.1, -0.05) is 12.1 Å². The van der Waals surface area contributed by atoms with Gasteiger partial charge in [-0.2, -0.15) is 0 Å². The lowest BCUT2D eigenvalue weighted by molar-refractivity contribution is 0.0953. The minimum atomic E-state index is -3.64. The predicted molar refractivity (Wildman–Crippen MR) is 112 cm³/mol. The van der Waals surface area contributed by atoms with Crippen molar-refractivity contribution in [2.24, 2.45) is 0 Å². The number of fused-ring (bicyclic) bond motifs is 1. The molecule has 2 aromatic carbocycles. The van der Waals surface area contributed by atoms with Crippen molar-refractivity contribution in [2.45, 2.75) is 17.7 Å². The summed E-state index contributed by atoms with van der Waals surface area (Å²) in [6.07, 6.45) is 1.42. The summed E-state index contributed by atoms with van der Waals surface area (Å²) in [6.45, 7) is 0.460. The number of carbonyl (C=O) groups is 1. The zero-order valence-corrected chi connectivity index (χ0v) is 18.0. The number of imidazole rings is 1. The van der Waals surface area contributed by atoms with Crippen molar-refractivity contribution < 1.29 is 13.2 Å². The normalized spacial score (nSPS) is 11.9. The minimum absolute atomic E-state index is 0.0624. The molecule has 1 aromatic heterocycles. The third kappa shape index (κ3) is 4.43. The molecule has 0 fully saturated rings. The summed E-state index contributed by atoms with van der Waals surface area (Å²) in [5, 5.41) is 2.83. The molecule has 3 rings (SSSR count). The fraction of sp³-hybridized carbons (Fsp3) is 0.263. The topological polar surface area (TPSA) is 95.2 Å². The van der Waals surface area contributed by atoms with Gasteiger partial charge >= 0.3 is 0 Å². The maximum Gasteiger partial charge on any atom is 0.251 e. The summed E-state index contributed by atoms with van der Waals surface area (Å²) >= 11 is 3.24. The number of H-pyrrole nitrogens is 1. The summed E-state index contributed by atoms with van der Waals surface area (Å²) in [7, 11) is -0.742. The molecule has 9 heteroatoms. The number of hydrogen-bond donors (Lipinski definition) is 2. The Hall–Kier alpha value is -2.23. The van der Waals surface area contributed by atoms with Crippen LogP contribution >= 0.6 is 15.9 Å². The van der Waals surface area contributed by atoms with E-state index >= 15 is 0 Å². The maximum atomic E-state index is 12.4. The van der Waals surface area contributed by atoms with E-state index in [1.807, 2.05) is 24.3 Å². The van der Waals surface area contributed by atoms with Crippen LogP contribution < -0.4 is 5.32 Å². The molecule has 0 bridgehead atoms. The Bertz CT molecular complexity index is 1080. The van der Waals surface area contributed by atoms with Crippen LogP contribution in [0.4, 0.5) is 0 Å². The smallest absolute Gasteiger partial charge is 0.251 e. The molecule has 2 N–H and O–H groups in total. The Morgan fingerprint density at radius 1 is 1.21 bits per heavy atom. The molecule has 3 aromatic rings. The molecule has 0 aliphatic carbocycles. The second-order valence-corrected chi connectivity index (χ2v) is 9.47. The zero-order valence-electron chi connectivity index (χ0n) is 15.6. The van der Waals surface area contributed by atoms with E-state index in [1.165, 1.54) is 20.2 Å². The summed E-state index contributed by atoms with van der Waals surface area (Å²) in [4.78, 5) is 20.2. The van der Waals surface area contributed by atoms with Crippen LogP contribution in [0.3, 0.4) is 0 Å². The van der Waals surface area contributed by atoms with Gasteiger partial charge in [0.15, 0.2) is 0 Å². The van der Waals surface area contributed by atoms with Crippen molar-refractivity contribution in [1.82, 2.24) is 19.6 Å². The third-order valence-corrected chi connectivity index (χ3v) is 7.08. The Balaban J connectivity index is 1.60. The first-order valence-corrected chi connectivity index (χ1v) is 11.0. The van der Waals surface area contributed by atoms with Crippen molar-refractivity contribution in [1.29, 1.82) is 0 Å². The van der Waals surface area contributed by atoms with Gasteiger partial charge in [-0.3, -0.25) is 4.79 Å². The molecule has 0 saturated carbocycles. The summed E-state index contributed by atoms with van der Waals surface area (Å²) in [5.74, 6) is 0.561. The van der Waals surface area contributed by atoms with Crippen LogP contribution in [0.5, 0.6) is 0 Å². The SMILES string of the molecule is CN(C)S(=O)(=O)c1cc(C(=O)NCCCc2nc3ccccc3[nH]2)ccc1Br. The van der Waals surface area contributed by atoms with Gasteiger partial charge in [-0.25, -0.2) is 17.7 Å². The van der Waals surface area contributed by atoms with Gasteiger partial charge < -0.3 is 10.3 Å². The monoisotopic (exact) mass is 464 g/mol.